The second kappa shape index (κ2) is 7.00. The highest BCUT2D eigenvalue weighted by Crippen LogP contribution is 2.48. The van der Waals surface area contributed by atoms with Gasteiger partial charge in [0.05, 0.1) is 6.10 Å². The second-order valence-electron chi connectivity index (χ2n) is 7.26. The van der Waals surface area contributed by atoms with Gasteiger partial charge in [0.2, 0.25) is 5.91 Å². The zero-order chi connectivity index (χ0) is 16.4. The van der Waals surface area contributed by atoms with Crippen molar-refractivity contribution in [1.82, 2.24) is 4.90 Å². The number of hydrogen-bond donors (Lipinski definition) is 0. The van der Waals surface area contributed by atoms with Crippen LogP contribution in [-0.2, 0) is 9.53 Å². The number of amides is 1. The van der Waals surface area contributed by atoms with Gasteiger partial charge in [0, 0.05) is 25.6 Å². The van der Waals surface area contributed by atoms with Crippen LogP contribution >= 0.6 is 0 Å². The van der Waals surface area contributed by atoms with Crippen molar-refractivity contribution in [3.05, 3.63) is 35.6 Å². The minimum Gasteiger partial charge on any atom is -0.378 e. The van der Waals surface area contributed by atoms with Gasteiger partial charge >= 0.3 is 0 Å². The normalized spacial score (nSPS) is 25.0. The van der Waals surface area contributed by atoms with Crippen LogP contribution < -0.4 is 0 Å². The summed E-state index contributed by atoms with van der Waals surface area (Å²) in [6.07, 6.45) is 3.00. The molecule has 0 N–H and O–H groups in total. The van der Waals surface area contributed by atoms with E-state index in [4.69, 9.17) is 4.74 Å². The minimum absolute atomic E-state index is 0.0462. The van der Waals surface area contributed by atoms with Crippen LogP contribution in [0, 0.1) is 17.7 Å². The van der Waals surface area contributed by atoms with Crippen LogP contribution in [0.4, 0.5) is 4.39 Å². The Hall–Kier alpha value is -1.42. The third kappa shape index (κ3) is 4.11. The van der Waals surface area contributed by atoms with Gasteiger partial charge in [-0.15, -0.1) is 0 Å². The Labute approximate surface area is 137 Å². The first-order valence-corrected chi connectivity index (χ1v) is 8.70. The van der Waals surface area contributed by atoms with Crippen molar-refractivity contribution in [2.75, 3.05) is 19.7 Å². The summed E-state index contributed by atoms with van der Waals surface area (Å²) >= 11 is 0. The predicted octanol–water partition coefficient (Wildman–Crippen LogP) is 3.59. The number of piperidine rings is 1. The quantitative estimate of drug-likeness (QED) is 0.830. The van der Waals surface area contributed by atoms with Crippen LogP contribution in [0.25, 0.3) is 0 Å². The first-order valence-electron chi connectivity index (χ1n) is 8.70. The molecule has 0 spiro atoms. The molecule has 0 unspecified atom stereocenters. The summed E-state index contributed by atoms with van der Waals surface area (Å²) in [5, 5.41) is 0. The number of carbonyl (C=O) groups is 1. The van der Waals surface area contributed by atoms with Crippen LogP contribution in [0.3, 0.4) is 0 Å². The van der Waals surface area contributed by atoms with E-state index in [1.165, 1.54) is 6.07 Å². The molecule has 1 saturated heterocycles. The van der Waals surface area contributed by atoms with E-state index in [1.54, 1.807) is 12.1 Å². The Bertz CT molecular complexity index is 552. The Morgan fingerprint density at radius 1 is 1.35 bits per heavy atom. The lowest BCUT2D eigenvalue weighted by Gasteiger charge is -2.32. The van der Waals surface area contributed by atoms with E-state index in [1.807, 2.05) is 11.0 Å². The molecule has 2 fully saturated rings. The fourth-order valence-electron chi connectivity index (χ4n) is 3.38. The summed E-state index contributed by atoms with van der Waals surface area (Å²) in [4.78, 5) is 14.6. The molecule has 0 aromatic heterocycles. The first-order chi connectivity index (χ1) is 11.0. The number of rotatable bonds is 5. The van der Waals surface area contributed by atoms with E-state index < -0.39 is 0 Å². The summed E-state index contributed by atoms with van der Waals surface area (Å²) in [6, 6.07) is 6.66. The third-order valence-electron chi connectivity index (χ3n) is 4.80. The Morgan fingerprint density at radius 3 is 2.74 bits per heavy atom. The molecule has 126 valence electrons. The molecule has 1 heterocycles. The lowest BCUT2D eigenvalue weighted by Crippen LogP contribution is -2.42. The Balaban J connectivity index is 1.47. The number of nitrogens with zero attached hydrogens (tertiary/aromatic N) is 1. The van der Waals surface area contributed by atoms with Gasteiger partial charge in [0.1, 0.15) is 5.82 Å². The molecule has 2 aliphatic rings. The number of carbonyl (C=O) groups excluding carboxylic acids is 1. The second-order valence-corrected chi connectivity index (χ2v) is 7.26. The maximum atomic E-state index is 13.3. The van der Waals surface area contributed by atoms with Crippen molar-refractivity contribution in [1.29, 1.82) is 0 Å². The standard InChI is InChI=1S/C19H26FNO2/c1-13(2)12-23-16-6-8-21(9-7-16)19(22)18-11-17(18)14-4-3-5-15(20)10-14/h3-5,10,13,16-18H,6-9,11-12H2,1-2H3/t17-,18-/m0/s1. The SMILES string of the molecule is CC(C)COC1CCN(C(=O)[C@H]2C[C@H]2c2cccc(F)c2)CC1. The lowest BCUT2D eigenvalue weighted by atomic mass is 10.1. The van der Waals surface area contributed by atoms with E-state index in [-0.39, 0.29) is 23.6 Å². The van der Waals surface area contributed by atoms with Crippen LogP contribution in [0.1, 0.15) is 44.6 Å². The van der Waals surface area contributed by atoms with Gasteiger partial charge in [-0.2, -0.15) is 0 Å². The van der Waals surface area contributed by atoms with Gasteiger partial charge in [-0.05, 0) is 48.8 Å². The Kier molecular flexibility index (Phi) is 5.00. The third-order valence-corrected chi connectivity index (χ3v) is 4.80. The predicted molar refractivity (Wildman–Crippen MR) is 87.6 cm³/mol. The molecular weight excluding hydrogens is 293 g/mol. The summed E-state index contributed by atoms with van der Waals surface area (Å²) in [7, 11) is 0. The van der Waals surface area contributed by atoms with E-state index >= 15 is 0 Å². The highest BCUT2D eigenvalue weighted by molar-refractivity contribution is 5.83. The minimum atomic E-state index is -0.219. The number of ether oxygens (including phenoxy) is 1. The largest absolute Gasteiger partial charge is 0.378 e. The van der Waals surface area contributed by atoms with Crippen molar-refractivity contribution in [2.24, 2.45) is 11.8 Å². The van der Waals surface area contributed by atoms with Crippen LogP contribution in [0.2, 0.25) is 0 Å². The smallest absolute Gasteiger partial charge is 0.226 e. The first kappa shape index (κ1) is 16.4. The van der Waals surface area contributed by atoms with Crippen molar-refractivity contribution in [3.63, 3.8) is 0 Å². The molecule has 1 aliphatic carbocycles. The highest BCUT2D eigenvalue weighted by Gasteiger charge is 2.46. The maximum Gasteiger partial charge on any atom is 0.226 e. The van der Waals surface area contributed by atoms with Crippen molar-refractivity contribution >= 4 is 5.91 Å². The van der Waals surface area contributed by atoms with Crippen molar-refractivity contribution in [2.45, 2.75) is 45.1 Å². The van der Waals surface area contributed by atoms with E-state index in [0.29, 0.717) is 12.0 Å². The topological polar surface area (TPSA) is 29.5 Å². The molecule has 1 saturated carbocycles. The van der Waals surface area contributed by atoms with Gasteiger partial charge in [0.15, 0.2) is 0 Å². The molecule has 2 atom stereocenters. The zero-order valence-corrected chi connectivity index (χ0v) is 14.0. The van der Waals surface area contributed by atoms with Gasteiger partial charge < -0.3 is 9.64 Å². The lowest BCUT2D eigenvalue weighted by molar-refractivity contribution is -0.135. The number of benzene rings is 1. The summed E-state index contributed by atoms with van der Waals surface area (Å²) < 4.78 is 19.2. The molecular formula is C19H26FNO2. The number of likely N-dealkylation sites (tertiary alicyclic amines) is 1. The van der Waals surface area contributed by atoms with Crippen LogP contribution in [0.15, 0.2) is 24.3 Å². The molecule has 4 heteroatoms. The molecule has 1 aliphatic heterocycles. The Morgan fingerprint density at radius 2 is 2.09 bits per heavy atom. The van der Waals surface area contributed by atoms with Crippen LogP contribution in [0.5, 0.6) is 0 Å². The molecule has 0 radical (unpaired) electrons. The monoisotopic (exact) mass is 319 g/mol. The van der Waals surface area contributed by atoms with E-state index in [0.717, 1.165) is 44.5 Å². The molecule has 23 heavy (non-hydrogen) atoms. The molecule has 1 amide bonds. The fraction of sp³-hybridized carbons (Fsp3) is 0.632. The average molecular weight is 319 g/mol. The van der Waals surface area contributed by atoms with Gasteiger partial charge in [-0.3, -0.25) is 4.79 Å². The summed E-state index contributed by atoms with van der Waals surface area (Å²) in [6.45, 7) is 6.67. The van der Waals surface area contributed by atoms with E-state index in [2.05, 4.69) is 13.8 Å². The average Bonchev–Trinajstić information content (AvgIpc) is 3.33. The molecule has 3 nitrogen and oxygen atoms in total. The molecule has 1 aromatic carbocycles. The zero-order valence-electron chi connectivity index (χ0n) is 14.0. The maximum absolute atomic E-state index is 13.3. The number of halogens is 1. The number of hydrogen-bond acceptors (Lipinski definition) is 2. The molecule has 0 bridgehead atoms. The van der Waals surface area contributed by atoms with Crippen molar-refractivity contribution < 1.29 is 13.9 Å². The molecule has 1 aromatic rings. The summed E-state index contributed by atoms with van der Waals surface area (Å²) in [5.74, 6) is 0.816. The van der Waals surface area contributed by atoms with Gasteiger partial charge in [0.25, 0.3) is 0 Å². The van der Waals surface area contributed by atoms with Crippen LogP contribution in [-0.4, -0.2) is 36.6 Å². The fourth-order valence-corrected chi connectivity index (χ4v) is 3.38. The molecule has 3 rings (SSSR count). The van der Waals surface area contributed by atoms with Gasteiger partial charge in [-0.25, -0.2) is 4.39 Å². The van der Waals surface area contributed by atoms with Gasteiger partial charge in [-0.1, -0.05) is 26.0 Å². The summed E-state index contributed by atoms with van der Waals surface area (Å²) in [5.41, 5.74) is 0.957. The van der Waals surface area contributed by atoms with Crippen molar-refractivity contribution in [3.8, 4) is 0 Å². The highest BCUT2D eigenvalue weighted by atomic mass is 19.1. The van der Waals surface area contributed by atoms with E-state index in [9.17, 15) is 9.18 Å².